The maximum atomic E-state index is 10.6. The van der Waals surface area contributed by atoms with Gasteiger partial charge in [0.15, 0.2) is 0 Å². The van der Waals surface area contributed by atoms with Crippen LogP contribution >= 0.6 is 47.1 Å². The van der Waals surface area contributed by atoms with E-state index in [2.05, 4.69) is 12.6 Å². The van der Waals surface area contributed by atoms with Crippen molar-refractivity contribution in [2.24, 2.45) is 0 Å². The van der Waals surface area contributed by atoms with Crippen LogP contribution in [-0.4, -0.2) is 0 Å². The molecule has 0 saturated carbocycles. The predicted octanol–water partition coefficient (Wildman–Crippen LogP) is 2.66. The molecule has 10 heavy (non-hydrogen) atoms. The van der Waals surface area contributed by atoms with Crippen LogP contribution in [0.15, 0.2) is 25.2 Å². The lowest BCUT2D eigenvalue weighted by Gasteiger charge is -1.81. The summed E-state index contributed by atoms with van der Waals surface area (Å²) in [5.74, 6) is 0. The molecule has 0 bridgehead atoms. The summed E-state index contributed by atoms with van der Waals surface area (Å²) in [4.78, 5) is 10.6. The van der Waals surface area contributed by atoms with Gasteiger partial charge in [0.25, 0.3) is 4.06 Å². The number of thiol groups is 1. The summed E-state index contributed by atoms with van der Waals surface area (Å²) in [5, 5.41) is 5.34. The van der Waals surface area contributed by atoms with Crippen LogP contribution in [0.2, 0.25) is 0 Å². The zero-order valence-corrected chi connectivity index (χ0v) is 8.16. The lowest BCUT2D eigenvalue weighted by atomic mass is 11.1. The van der Waals surface area contributed by atoms with Crippen LogP contribution < -0.4 is 4.06 Å². The Balaban J connectivity index is 2.67. The summed E-state index contributed by atoms with van der Waals surface area (Å²) in [6, 6.07) is 0. The first kappa shape index (κ1) is 8.39. The molecule has 0 saturated heterocycles. The molecule has 0 N–H and O–H groups in total. The normalized spacial score (nSPS) is 10.9. The van der Waals surface area contributed by atoms with Gasteiger partial charge < -0.3 is 0 Å². The third kappa shape index (κ3) is 2.49. The van der Waals surface area contributed by atoms with E-state index in [-0.39, 0.29) is 4.06 Å². The molecule has 0 aliphatic heterocycles. The molecular formula is C5H4OS4. The number of hydrogen-bond donors (Lipinski definition) is 1. The minimum atomic E-state index is 0.148. The number of hydrogen-bond acceptors (Lipinski definition) is 5. The average molecular weight is 208 g/mol. The van der Waals surface area contributed by atoms with E-state index in [0.717, 1.165) is 4.21 Å². The Morgan fingerprint density at radius 1 is 1.70 bits per heavy atom. The molecule has 1 rings (SSSR count). The molecule has 0 aliphatic carbocycles. The van der Waals surface area contributed by atoms with Crippen LogP contribution in [0.3, 0.4) is 0 Å². The van der Waals surface area contributed by atoms with Gasteiger partial charge in [-0.15, -0.1) is 0 Å². The van der Waals surface area contributed by atoms with Gasteiger partial charge >= 0.3 is 0 Å². The highest BCUT2D eigenvalue weighted by Gasteiger charge is 1.93. The molecule has 0 atom stereocenters. The lowest BCUT2D eigenvalue weighted by molar-refractivity contribution is 1.84. The third-order valence-corrected chi connectivity index (χ3v) is 4.06. The highest BCUT2D eigenvalue weighted by atomic mass is 32.2. The fourth-order valence-corrected chi connectivity index (χ4v) is 3.16. The van der Waals surface area contributed by atoms with Gasteiger partial charge in [0, 0.05) is 5.38 Å². The van der Waals surface area contributed by atoms with Crippen molar-refractivity contribution in [3.63, 3.8) is 0 Å². The monoisotopic (exact) mass is 208 g/mol. The van der Waals surface area contributed by atoms with Gasteiger partial charge in [-0.05, 0) is 10.8 Å². The van der Waals surface area contributed by atoms with Crippen molar-refractivity contribution in [2.45, 2.75) is 4.21 Å². The molecule has 0 spiro atoms. The van der Waals surface area contributed by atoms with Gasteiger partial charge in [0.2, 0.25) is 0 Å². The van der Waals surface area contributed by atoms with Gasteiger partial charge in [-0.1, -0.05) is 34.4 Å². The van der Waals surface area contributed by atoms with Gasteiger partial charge in [-0.3, -0.25) is 4.79 Å². The molecule has 0 radical (unpaired) electrons. The van der Waals surface area contributed by atoms with Crippen LogP contribution in [0.1, 0.15) is 0 Å². The molecule has 1 heterocycles. The first-order valence-electron chi connectivity index (χ1n) is 2.37. The fraction of sp³-hybridized carbons (Fsp3) is 0. The Morgan fingerprint density at radius 3 is 3.00 bits per heavy atom. The summed E-state index contributed by atoms with van der Waals surface area (Å²) in [7, 11) is 0. The van der Waals surface area contributed by atoms with Crippen LogP contribution in [0, 0.1) is 0 Å². The SMILES string of the molecule is O=c1scc(S/C=C/S)s1. The lowest BCUT2D eigenvalue weighted by Crippen LogP contribution is -1.73. The maximum absolute atomic E-state index is 10.6. The van der Waals surface area contributed by atoms with Crippen LogP contribution in [0.25, 0.3) is 0 Å². The van der Waals surface area contributed by atoms with E-state index in [9.17, 15) is 4.79 Å². The van der Waals surface area contributed by atoms with Crippen LogP contribution in [-0.2, 0) is 0 Å². The molecular weight excluding hydrogens is 204 g/mol. The minimum Gasteiger partial charge on any atom is -0.265 e. The highest BCUT2D eigenvalue weighted by Crippen LogP contribution is 2.23. The standard InChI is InChI=1S/C5H4OS4/c6-5-9-3-4(10-5)8-2-1-7/h1-3,7H/b2-1+. The van der Waals surface area contributed by atoms with Gasteiger partial charge in [0.05, 0.1) is 4.21 Å². The molecule has 0 amide bonds. The van der Waals surface area contributed by atoms with E-state index in [1.54, 1.807) is 5.41 Å². The highest BCUT2D eigenvalue weighted by molar-refractivity contribution is 8.04. The molecule has 1 aromatic heterocycles. The topological polar surface area (TPSA) is 17.1 Å². The molecule has 1 nitrogen and oxygen atoms in total. The quantitative estimate of drug-likeness (QED) is 0.594. The van der Waals surface area contributed by atoms with E-state index in [1.807, 2.05) is 10.8 Å². The Kier molecular flexibility index (Phi) is 3.55. The summed E-state index contributed by atoms with van der Waals surface area (Å²) >= 11 is 7.91. The second-order valence-electron chi connectivity index (χ2n) is 1.31. The second kappa shape index (κ2) is 4.23. The van der Waals surface area contributed by atoms with Crippen molar-refractivity contribution in [3.05, 3.63) is 25.0 Å². The third-order valence-electron chi connectivity index (χ3n) is 0.680. The van der Waals surface area contributed by atoms with Crippen molar-refractivity contribution >= 4 is 47.1 Å². The van der Waals surface area contributed by atoms with Crippen LogP contribution in [0.4, 0.5) is 0 Å². The first-order chi connectivity index (χ1) is 4.83. The number of thioether (sulfide) groups is 1. The zero-order chi connectivity index (χ0) is 7.40. The summed E-state index contributed by atoms with van der Waals surface area (Å²) in [6.07, 6.45) is 0. The molecule has 0 fully saturated rings. The fourth-order valence-electron chi connectivity index (χ4n) is 0.376. The first-order valence-corrected chi connectivity index (χ1v) is 5.46. The van der Waals surface area contributed by atoms with E-state index in [0.29, 0.717) is 0 Å². The van der Waals surface area contributed by atoms with Crippen LogP contribution in [0.5, 0.6) is 0 Å². The Labute approximate surface area is 76.2 Å². The van der Waals surface area contributed by atoms with Gasteiger partial charge in [-0.25, -0.2) is 0 Å². The van der Waals surface area contributed by atoms with E-state index in [4.69, 9.17) is 0 Å². The largest absolute Gasteiger partial charge is 0.288 e. The average Bonchev–Trinajstić information content (AvgIpc) is 2.31. The molecule has 0 aromatic carbocycles. The zero-order valence-electron chi connectivity index (χ0n) is 4.81. The summed E-state index contributed by atoms with van der Waals surface area (Å²) in [5.41, 5.74) is 0. The molecule has 0 aliphatic rings. The Morgan fingerprint density at radius 2 is 2.50 bits per heavy atom. The molecule has 1 aromatic rings. The predicted molar refractivity (Wildman–Crippen MR) is 52.4 cm³/mol. The smallest absolute Gasteiger partial charge is 0.265 e. The van der Waals surface area contributed by atoms with E-state index < -0.39 is 0 Å². The van der Waals surface area contributed by atoms with Gasteiger partial charge in [0.1, 0.15) is 0 Å². The van der Waals surface area contributed by atoms with E-state index >= 15 is 0 Å². The summed E-state index contributed by atoms with van der Waals surface area (Å²) in [6.45, 7) is 0. The summed E-state index contributed by atoms with van der Waals surface area (Å²) < 4.78 is 1.18. The van der Waals surface area contributed by atoms with Crippen molar-refractivity contribution in [2.75, 3.05) is 0 Å². The van der Waals surface area contributed by atoms with Crippen molar-refractivity contribution in [1.29, 1.82) is 0 Å². The van der Waals surface area contributed by atoms with E-state index in [1.165, 1.54) is 34.4 Å². The van der Waals surface area contributed by atoms with Crippen molar-refractivity contribution < 1.29 is 0 Å². The minimum absolute atomic E-state index is 0.148. The second-order valence-corrected chi connectivity index (χ2v) is 4.93. The van der Waals surface area contributed by atoms with Crippen molar-refractivity contribution in [1.82, 2.24) is 0 Å². The van der Waals surface area contributed by atoms with Gasteiger partial charge in [-0.2, -0.15) is 12.6 Å². The Bertz CT molecular complexity index is 271. The molecule has 0 unspecified atom stereocenters. The Hall–Kier alpha value is 0.290. The molecule has 5 heteroatoms. The van der Waals surface area contributed by atoms with Crippen molar-refractivity contribution in [3.8, 4) is 0 Å². The maximum Gasteiger partial charge on any atom is 0.288 e. The number of rotatable bonds is 2. The molecule has 54 valence electrons.